The van der Waals surface area contributed by atoms with E-state index in [9.17, 15) is 4.79 Å². The molecule has 0 aliphatic rings. The molecule has 2 N–H and O–H groups in total. The number of halogens is 1. The Morgan fingerprint density at radius 1 is 1.03 bits per heavy atom. The lowest BCUT2D eigenvalue weighted by atomic mass is 10.0. The first kappa shape index (κ1) is 20.6. The van der Waals surface area contributed by atoms with Crippen LogP contribution in [0.5, 0.6) is 11.6 Å². The zero-order chi connectivity index (χ0) is 21.8. The summed E-state index contributed by atoms with van der Waals surface area (Å²) in [5.41, 5.74) is 1.21. The van der Waals surface area contributed by atoms with Crippen molar-refractivity contribution in [2.45, 2.75) is 19.9 Å². The van der Waals surface area contributed by atoms with E-state index in [1.165, 1.54) is 0 Å². The second-order valence-corrected chi connectivity index (χ2v) is 7.71. The number of rotatable bonds is 6. The molecule has 0 unspecified atom stereocenters. The summed E-state index contributed by atoms with van der Waals surface area (Å²) in [6.07, 6.45) is 1.65. The van der Waals surface area contributed by atoms with Gasteiger partial charge in [0.1, 0.15) is 5.75 Å². The first-order valence-corrected chi connectivity index (χ1v) is 10.2. The van der Waals surface area contributed by atoms with Crippen LogP contribution in [0.4, 0.5) is 11.6 Å². The molecule has 0 bridgehead atoms. The standard InChI is InChI=1S/C24H21ClN4O2/c1-15(2)27-24-26-12-11-22(29-24)31-19-9-10-20-16(13-19)5-3-8-21(20)23(30)28-18-7-4-6-17(25)14-18/h3-15H,1-2H3,(H,28,30)(H,26,27,29). The fraction of sp³-hybridized carbons (Fsp3) is 0.125. The van der Waals surface area contributed by atoms with Crippen molar-refractivity contribution in [2.24, 2.45) is 0 Å². The minimum Gasteiger partial charge on any atom is -0.439 e. The Morgan fingerprint density at radius 2 is 1.87 bits per heavy atom. The summed E-state index contributed by atoms with van der Waals surface area (Å²) in [4.78, 5) is 21.4. The Labute approximate surface area is 185 Å². The third kappa shape index (κ3) is 5.10. The minimum atomic E-state index is -0.207. The van der Waals surface area contributed by atoms with Gasteiger partial charge in [-0.2, -0.15) is 4.98 Å². The van der Waals surface area contributed by atoms with Crippen LogP contribution in [-0.2, 0) is 0 Å². The molecule has 4 rings (SSSR count). The molecule has 0 saturated carbocycles. The predicted octanol–water partition coefficient (Wildman–Crippen LogP) is 6.15. The number of fused-ring (bicyclic) bond motifs is 1. The van der Waals surface area contributed by atoms with Crippen LogP contribution in [0.3, 0.4) is 0 Å². The van der Waals surface area contributed by atoms with E-state index in [0.717, 1.165) is 10.8 Å². The second-order valence-electron chi connectivity index (χ2n) is 7.27. The largest absolute Gasteiger partial charge is 0.439 e. The average Bonchev–Trinajstić information content (AvgIpc) is 2.73. The van der Waals surface area contributed by atoms with E-state index in [1.807, 2.05) is 44.2 Å². The number of benzene rings is 3. The first-order chi connectivity index (χ1) is 15.0. The Hall–Kier alpha value is -3.64. The highest BCUT2D eigenvalue weighted by Crippen LogP contribution is 2.28. The van der Waals surface area contributed by atoms with E-state index in [4.69, 9.17) is 16.3 Å². The van der Waals surface area contributed by atoms with Gasteiger partial charge >= 0.3 is 0 Å². The van der Waals surface area contributed by atoms with Crippen LogP contribution in [-0.4, -0.2) is 21.9 Å². The number of nitrogens with zero attached hydrogens (tertiary/aromatic N) is 2. The van der Waals surface area contributed by atoms with Gasteiger partial charge in [0.05, 0.1) is 0 Å². The maximum atomic E-state index is 12.8. The van der Waals surface area contributed by atoms with Gasteiger partial charge in [-0.05, 0) is 67.1 Å². The van der Waals surface area contributed by atoms with Crippen molar-refractivity contribution in [1.29, 1.82) is 0 Å². The molecule has 1 amide bonds. The van der Waals surface area contributed by atoms with Gasteiger partial charge in [-0.15, -0.1) is 0 Å². The van der Waals surface area contributed by atoms with Crippen LogP contribution in [0, 0.1) is 0 Å². The molecule has 31 heavy (non-hydrogen) atoms. The molecule has 0 radical (unpaired) electrons. The molecular formula is C24H21ClN4O2. The van der Waals surface area contributed by atoms with E-state index in [1.54, 1.807) is 42.6 Å². The maximum absolute atomic E-state index is 12.8. The van der Waals surface area contributed by atoms with Crippen molar-refractivity contribution < 1.29 is 9.53 Å². The molecular weight excluding hydrogens is 412 g/mol. The Bertz CT molecular complexity index is 1240. The molecule has 1 aromatic heterocycles. The summed E-state index contributed by atoms with van der Waals surface area (Å²) in [6.45, 7) is 4.03. The number of nitrogens with one attached hydrogen (secondary N) is 2. The van der Waals surface area contributed by atoms with Crippen LogP contribution in [0.1, 0.15) is 24.2 Å². The van der Waals surface area contributed by atoms with Crippen molar-refractivity contribution >= 4 is 39.9 Å². The SMILES string of the molecule is CC(C)Nc1nccc(Oc2ccc3c(C(=O)Nc4cccc(Cl)c4)cccc3c2)n1. The number of ether oxygens (including phenoxy) is 1. The van der Waals surface area contributed by atoms with Gasteiger partial charge in [0.15, 0.2) is 0 Å². The molecule has 7 heteroatoms. The van der Waals surface area contributed by atoms with Crippen molar-refractivity contribution in [3.8, 4) is 11.6 Å². The predicted molar refractivity (Wildman–Crippen MR) is 124 cm³/mol. The van der Waals surface area contributed by atoms with Gasteiger partial charge in [-0.1, -0.05) is 29.8 Å². The number of aromatic nitrogens is 2. The lowest BCUT2D eigenvalue weighted by Crippen LogP contribution is -2.12. The third-order valence-corrected chi connectivity index (χ3v) is 4.68. The van der Waals surface area contributed by atoms with Gasteiger partial charge < -0.3 is 15.4 Å². The molecule has 6 nitrogen and oxygen atoms in total. The zero-order valence-corrected chi connectivity index (χ0v) is 17.9. The highest BCUT2D eigenvalue weighted by molar-refractivity contribution is 6.31. The minimum absolute atomic E-state index is 0.207. The summed E-state index contributed by atoms with van der Waals surface area (Å²) in [7, 11) is 0. The Balaban J connectivity index is 1.57. The molecule has 0 aliphatic heterocycles. The van der Waals surface area contributed by atoms with Crippen molar-refractivity contribution in [3.05, 3.63) is 83.5 Å². The highest BCUT2D eigenvalue weighted by Gasteiger charge is 2.12. The molecule has 0 atom stereocenters. The molecule has 0 fully saturated rings. The summed E-state index contributed by atoms with van der Waals surface area (Å²) in [6, 6.07) is 20.1. The van der Waals surface area contributed by atoms with E-state index < -0.39 is 0 Å². The number of amides is 1. The van der Waals surface area contributed by atoms with Crippen LogP contribution in [0.15, 0.2) is 72.9 Å². The van der Waals surface area contributed by atoms with Crippen LogP contribution in [0.25, 0.3) is 10.8 Å². The summed E-state index contributed by atoms with van der Waals surface area (Å²) < 4.78 is 5.91. The molecule has 1 heterocycles. The second kappa shape index (κ2) is 9.02. The van der Waals surface area contributed by atoms with E-state index >= 15 is 0 Å². The number of hydrogen-bond acceptors (Lipinski definition) is 5. The zero-order valence-electron chi connectivity index (χ0n) is 17.1. The number of carbonyl (C=O) groups is 1. The Kier molecular flexibility index (Phi) is 6.00. The summed E-state index contributed by atoms with van der Waals surface area (Å²) in [5.74, 6) is 1.36. The van der Waals surface area contributed by atoms with Gasteiger partial charge in [0.25, 0.3) is 5.91 Å². The normalized spacial score (nSPS) is 10.8. The number of anilines is 2. The van der Waals surface area contributed by atoms with Crippen molar-refractivity contribution in [3.63, 3.8) is 0 Å². The third-order valence-electron chi connectivity index (χ3n) is 4.45. The summed E-state index contributed by atoms with van der Waals surface area (Å²) >= 11 is 6.01. The van der Waals surface area contributed by atoms with Crippen molar-refractivity contribution in [1.82, 2.24) is 9.97 Å². The van der Waals surface area contributed by atoms with Gasteiger partial charge in [0, 0.05) is 34.6 Å². The van der Waals surface area contributed by atoms with Crippen LogP contribution < -0.4 is 15.4 Å². The fourth-order valence-corrected chi connectivity index (χ4v) is 3.33. The lowest BCUT2D eigenvalue weighted by Gasteiger charge is -2.11. The molecule has 3 aromatic carbocycles. The fourth-order valence-electron chi connectivity index (χ4n) is 3.14. The van der Waals surface area contributed by atoms with E-state index in [0.29, 0.717) is 33.9 Å². The average molecular weight is 433 g/mol. The molecule has 156 valence electrons. The molecule has 0 saturated heterocycles. The monoisotopic (exact) mass is 432 g/mol. The molecule has 0 spiro atoms. The maximum Gasteiger partial charge on any atom is 0.256 e. The molecule has 0 aliphatic carbocycles. The van der Waals surface area contributed by atoms with Gasteiger partial charge in [0.2, 0.25) is 11.8 Å². The smallest absolute Gasteiger partial charge is 0.256 e. The first-order valence-electron chi connectivity index (χ1n) is 9.85. The van der Waals surface area contributed by atoms with Gasteiger partial charge in [-0.3, -0.25) is 4.79 Å². The lowest BCUT2D eigenvalue weighted by molar-refractivity contribution is 0.102. The summed E-state index contributed by atoms with van der Waals surface area (Å²) in [5, 5.41) is 8.30. The topological polar surface area (TPSA) is 76.1 Å². The Morgan fingerprint density at radius 3 is 2.68 bits per heavy atom. The van der Waals surface area contributed by atoms with Crippen LogP contribution >= 0.6 is 11.6 Å². The van der Waals surface area contributed by atoms with Crippen molar-refractivity contribution in [2.75, 3.05) is 10.6 Å². The highest BCUT2D eigenvalue weighted by atomic mass is 35.5. The van der Waals surface area contributed by atoms with Gasteiger partial charge in [-0.25, -0.2) is 4.98 Å². The van der Waals surface area contributed by atoms with E-state index in [-0.39, 0.29) is 11.9 Å². The quantitative estimate of drug-likeness (QED) is 0.382. The number of hydrogen-bond donors (Lipinski definition) is 2. The van der Waals surface area contributed by atoms with Crippen LogP contribution in [0.2, 0.25) is 5.02 Å². The molecule has 4 aromatic rings. The number of carbonyl (C=O) groups excluding carboxylic acids is 1. The van der Waals surface area contributed by atoms with E-state index in [2.05, 4.69) is 20.6 Å².